The van der Waals surface area contributed by atoms with Crippen molar-refractivity contribution in [1.82, 2.24) is 15.0 Å². The van der Waals surface area contributed by atoms with Gasteiger partial charge in [0.15, 0.2) is 0 Å². The molecule has 0 saturated carbocycles. The molecule has 1 aliphatic rings. The van der Waals surface area contributed by atoms with Crippen molar-refractivity contribution in [1.29, 1.82) is 0 Å². The second kappa shape index (κ2) is 5.34. The summed E-state index contributed by atoms with van der Waals surface area (Å²) >= 11 is 0. The Morgan fingerprint density at radius 2 is 1.85 bits per heavy atom. The molecule has 0 amide bonds. The van der Waals surface area contributed by atoms with E-state index >= 15 is 0 Å². The topological polar surface area (TPSA) is 62.1 Å². The lowest BCUT2D eigenvalue weighted by atomic mass is 9.97. The fourth-order valence-corrected chi connectivity index (χ4v) is 2.24. The molecule has 0 unspecified atom stereocenters. The minimum Gasteiger partial charge on any atom is -0.387 e. The summed E-state index contributed by atoms with van der Waals surface area (Å²) in [5.41, 5.74) is 1.63. The highest BCUT2D eigenvalue weighted by Crippen LogP contribution is 2.24. The Bertz CT molecular complexity index is 615. The first-order valence-corrected chi connectivity index (χ1v) is 6.25. The van der Waals surface area contributed by atoms with E-state index in [1.165, 1.54) is 24.8 Å². The highest BCUT2D eigenvalue weighted by molar-refractivity contribution is 5.71. The largest absolute Gasteiger partial charge is 0.387 e. The molecule has 6 heteroatoms. The fraction of sp³-hybridized carbons (Fsp3) is 0.214. The Balaban J connectivity index is 1.83. The first kappa shape index (κ1) is 12.7. The van der Waals surface area contributed by atoms with Crippen LogP contribution in [-0.2, 0) is 0 Å². The molecule has 1 aromatic carbocycles. The van der Waals surface area contributed by atoms with Gasteiger partial charge in [-0.05, 0) is 23.3 Å². The third-order valence-corrected chi connectivity index (χ3v) is 3.22. The van der Waals surface area contributed by atoms with E-state index in [4.69, 9.17) is 0 Å². The number of halogens is 1. The number of β-amino-alcohol motifs (C(OH)–C–C–N with tert-alkyl or cyclic N) is 1. The van der Waals surface area contributed by atoms with Crippen molar-refractivity contribution >= 4 is 11.5 Å². The van der Waals surface area contributed by atoms with Gasteiger partial charge in [0.2, 0.25) is 5.95 Å². The molecule has 0 aliphatic carbocycles. The molecule has 1 aromatic heterocycles. The molecule has 0 saturated heterocycles. The van der Waals surface area contributed by atoms with Gasteiger partial charge < -0.3 is 10.0 Å². The van der Waals surface area contributed by atoms with Crippen LogP contribution in [0.3, 0.4) is 0 Å². The van der Waals surface area contributed by atoms with E-state index in [0.29, 0.717) is 19.0 Å². The van der Waals surface area contributed by atoms with E-state index in [0.717, 1.165) is 11.1 Å². The van der Waals surface area contributed by atoms with E-state index in [1.807, 2.05) is 11.0 Å². The van der Waals surface area contributed by atoms with Crippen molar-refractivity contribution < 1.29 is 9.50 Å². The van der Waals surface area contributed by atoms with Crippen LogP contribution in [0, 0.1) is 5.82 Å². The summed E-state index contributed by atoms with van der Waals surface area (Å²) in [5.74, 6) is 0.250. The van der Waals surface area contributed by atoms with Gasteiger partial charge >= 0.3 is 0 Å². The number of aliphatic hydroxyl groups is 1. The van der Waals surface area contributed by atoms with Crippen LogP contribution in [0.15, 0.2) is 43.0 Å². The van der Waals surface area contributed by atoms with Crippen molar-refractivity contribution in [2.75, 3.05) is 18.0 Å². The summed E-state index contributed by atoms with van der Waals surface area (Å²) < 4.78 is 12.9. The molecule has 0 fully saturated rings. The SMILES string of the molecule is O[C@H]1CN(c2ncncn2)CC=C1c1ccc(F)cc1. The van der Waals surface area contributed by atoms with Crippen LogP contribution in [-0.4, -0.2) is 39.3 Å². The van der Waals surface area contributed by atoms with E-state index in [-0.39, 0.29) is 5.82 Å². The first-order chi connectivity index (χ1) is 9.74. The van der Waals surface area contributed by atoms with Gasteiger partial charge in [-0.1, -0.05) is 18.2 Å². The third-order valence-electron chi connectivity index (χ3n) is 3.22. The molecule has 5 nitrogen and oxygen atoms in total. The third kappa shape index (κ3) is 2.50. The van der Waals surface area contributed by atoms with Gasteiger partial charge in [-0.2, -0.15) is 0 Å². The number of hydrogen-bond donors (Lipinski definition) is 1. The van der Waals surface area contributed by atoms with E-state index in [1.54, 1.807) is 12.1 Å². The average molecular weight is 272 g/mol. The van der Waals surface area contributed by atoms with Gasteiger partial charge in [0.25, 0.3) is 0 Å². The lowest BCUT2D eigenvalue weighted by Crippen LogP contribution is -2.38. The molecule has 1 aliphatic heterocycles. The maximum absolute atomic E-state index is 12.9. The first-order valence-electron chi connectivity index (χ1n) is 6.25. The molecule has 3 rings (SSSR count). The average Bonchev–Trinajstić information content (AvgIpc) is 2.49. The maximum atomic E-state index is 12.9. The Kier molecular flexibility index (Phi) is 3.39. The van der Waals surface area contributed by atoms with E-state index < -0.39 is 6.10 Å². The second-order valence-corrected chi connectivity index (χ2v) is 4.53. The lowest BCUT2D eigenvalue weighted by molar-refractivity contribution is 0.233. The smallest absolute Gasteiger partial charge is 0.228 e. The zero-order valence-electron chi connectivity index (χ0n) is 10.6. The summed E-state index contributed by atoms with van der Waals surface area (Å²) in [6.45, 7) is 0.987. The molecule has 2 aromatic rings. The maximum Gasteiger partial charge on any atom is 0.228 e. The van der Waals surface area contributed by atoms with Crippen molar-refractivity contribution in [2.45, 2.75) is 6.10 Å². The predicted octanol–water partition coefficient (Wildman–Crippen LogP) is 1.28. The van der Waals surface area contributed by atoms with Gasteiger partial charge in [0, 0.05) is 6.54 Å². The Labute approximate surface area is 115 Å². The van der Waals surface area contributed by atoms with Crippen LogP contribution in [0.25, 0.3) is 5.57 Å². The normalized spacial score (nSPS) is 18.8. The Morgan fingerprint density at radius 1 is 1.15 bits per heavy atom. The molecule has 1 N–H and O–H groups in total. The van der Waals surface area contributed by atoms with Gasteiger partial charge in [-0.3, -0.25) is 0 Å². The number of aliphatic hydroxyl groups excluding tert-OH is 1. The van der Waals surface area contributed by atoms with Crippen molar-refractivity contribution in [2.24, 2.45) is 0 Å². The van der Waals surface area contributed by atoms with Crippen LogP contribution >= 0.6 is 0 Å². The number of nitrogens with zero attached hydrogens (tertiary/aromatic N) is 4. The minimum absolute atomic E-state index is 0.286. The van der Waals surface area contributed by atoms with Crippen molar-refractivity contribution in [3.05, 3.63) is 54.4 Å². The summed E-state index contributed by atoms with van der Waals surface area (Å²) in [6.07, 6.45) is 4.10. The van der Waals surface area contributed by atoms with Crippen molar-refractivity contribution in [3.63, 3.8) is 0 Å². The van der Waals surface area contributed by atoms with E-state index in [2.05, 4.69) is 15.0 Å². The van der Waals surface area contributed by atoms with E-state index in [9.17, 15) is 9.50 Å². The monoisotopic (exact) mass is 272 g/mol. The lowest BCUT2D eigenvalue weighted by Gasteiger charge is -2.30. The predicted molar refractivity (Wildman–Crippen MR) is 72.4 cm³/mol. The van der Waals surface area contributed by atoms with Gasteiger partial charge in [0.1, 0.15) is 18.5 Å². The quantitative estimate of drug-likeness (QED) is 0.892. The van der Waals surface area contributed by atoms with Crippen LogP contribution in [0.4, 0.5) is 10.3 Å². The molecule has 0 radical (unpaired) electrons. The molecular formula is C14H13FN4O. The summed E-state index contributed by atoms with van der Waals surface area (Å²) in [7, 11) is 0. The number of anilines is 1. The summed E-state index contributed by atoms with van der Waals surface area (Å²) in [5, 5.41) is 10.2. The second-order valence-electron chi connectivity index (χ2n) is 4.53. The molecule has 0 spiro atoms. The molecule has 2 heterocycles. The zero-order valence-corrected chi connectivity index (χ0v) is 10.6. The van der Waals surface area contributed by atoms with Crippen LogP contribution in [0.2, 0.25) is 0 Å². The minimum atomic E-state index is -0.661. The van der Waals surface area contributed by atoms with Gasteiger partial charge in [0.05, 0.1) is 12.6 Å². The number of rotatable bonds is 2. The Morgan fingerprint density at radius 3 is 2.50 bits per heavy atom. The fourth-order valence-electron chi connectivity index (χ4n) is 2.24. The summed E-state index contributed by atoms with van der Waals surface area (Å²) in [6, 6.07) is 6.12. The number of aromatic nitrogens is 3. The number of benzene rings is 1. The standard InChI is InChI=1S/C14H13FN4O/c15-11-3-1-10(2-4-11)12-5-6-19(7-13(12)20)14-17-8-16-9-18-14/h1-5,8-9,13,20H,6-7H2/t13-/m0/s1. The van der Waals surface area contributed by atoms with Crippen LogP contribution in [0.5, 0.6) is 0 Å². The molecule has 102 valence electrons. The molecule has 0 bridgehead atoms. The molecule has 1 atom stereocenters. The highest BCUT2D eigenvalue weighted by atomic mass is 19.1. The zero-order chi connectivity index (χ0) is 13.9. The van der Waals surface area contributed by atoms with Crippen LogP contribution in [0.1, 0.15) is 5.56 Å². The Hall–Kier alpha value is -2.34. The van der Waals surface area contributed by atoms with Crippen molar-refractivity contribution in [3.8, 4) is 0 Å². The molecule has 20 heavy (non-hydrogen) atoms. The van der Waals surface area contributed by atoms with Gasteiger partial charge in [-0.25, -0.2) is 19.3 Å². The van der Waals surface area contributed by atoms with Gasteiger partial charge in [-0.15, -0.1) is 0 Å². The summed E-state index contributed by atoms with van der Waals surface area (Å²) in [4.78, 5) is 13.7. The molecular weight excluding hydrogens is 259 g/mol. The number of hydrogen-bond acceptors (Lipinski definition) is 5. The highest BCUT2D eigenvalue weighted by Gasteiger charge is 2.23. The van der Waals surface area contributed by atoms with Crippen LogP contribution < -0.4 is 4.90 Å².